The predicted octanol–water partition coefficient (Wildman–Crippen LogP) is 5.02. The number of halogens is 2. The third-order valence-corrected chi connectivity index (χ3v) is 5.57. The lowest BCUT2D eigenvalue weighted by Gasteiger charge is -2.35. The van der Waals surface area contributed by atoms with E-state index in [9.17, 15) is 9.59 Å². The molecule has 2 aromatic carbocycles. The Labute approximate surface area is 191 Å². The Balaban J connectivity index is 1.74. The molecule has 0 aliphatic carbocycles. The Morgan fingerprint density at radius 1 is 1.10 bits per heavy atom. The molecule has 0 radical (unpaired) electrons. The Morgan fingerprint density at radius 3 is 2.39 bits per heavy atom. The molecule has 1 aliphatic rings. The Bertz CT molecular complexity index is 1020. The number of aliphatic carboxylic acids is 1. The lowest BCUT2D eigenvalue weighted by atomic mass is 9.86. The van der Waals surface area contributed by atoms with Gasteiger partial charge in [0.25, 0.3) is 0 Å². The van der Waals surface area contributed by atoms with Gasteiger partial charge in [-0.05, 0) is 41.3 Å². The van der Waals surface area contributed by atoms with Gasteiger partial charge in [0.2, 0.25) is 0 Å². The van der Waals surface area contributed by atoms with E-state index in [0.29, 0.717) is 22.1 Å². The summed E-state index contributed by atoms with van der Waals surface area (Å²) in [5.74, 6) is -0.358. The highest BCUT2D eigenvalue weighted by molar-refractivity contribution is 6.43. The second-order valence-electron chi connectivity index (χ2n) is 8.29. The zero-order valence-corrected chi connectivity index (χ0v) is 18.9. The van der Waals surface area contributed by atoms with E-state index in [0.717, 1.165) is 5.69 Å². The van der Waals surface area contributed by atoms with Crippen molar-refractivity contribution in [3.05, 3.63) is 70.0 Å². The summed E-state index contributed by atoms with van der Waals surface area (Å²) in [4.78, 5) is 23.4. The molecule has 3 rings (SSSR count). The minimum absolute atomic E-state index is 0.0340. The molecule has 2 amide bonds. The molecule has 0 aromatic heterocycles. The van der Waals surface area contributed by atoms with Crippen molar-refractivity contribution in [2.75, 3.05) is 10.3 Å². The van der Waals surface area contributed by atoms with Crippen molar-refractivity contribution in [1.82, 2.24) is 10.7 Å². The number of urea groups is 1. The average molecular weight is 463 g/mol. The van der Waals surface area contributed by atoms with Crippen LogP contribution in [0, 0.1) is 5.41 Å². The predicted molar refractivity (Wildman–Crippen MR) is 123 cm³/mol. The maximum absolute atomic E-state index is 12.5. The van der Waals surface area contributed by atoms with Gasteiger partial charge in [-0.3, -0.25) is 20.5 Å². The number of rotatable bonds is 5. The highest BCUT2D eigenvalue weighted by Gasteiger charge is 2.35. The number of carboxylic acids is 1. The SMILES string of the molecule is CC(C)(C)C1C=C(NC(=O)Nc2cccc(Cl)c2Cl)NN1c1ccc(CC(=O)O)cc1. The van der Waals surface area contributed by atoms with E-state index in [1.165, 1.54) is 0 Å². The summed E-state index contributed by atoms with van der Waals surface area (Å²) in [6.45, 7) is 6.28. The quantitative estimate of drug-likeness (QED) is 0.500. The van der Waals surface area contributed by atoms with E-state index >= 15 is 0 Å². The lowest BCUT2D eigenvalue weighted by molar-refractivity contribution is -0.136. The highest BCUT2D eigenvalue weighted by Crippen LogP contribution is 2.33. The van der Waals surface area contributed by atoms with Gasteiger partial charge in [-0.2, -0.15) is 0 Å². The summed E-state index contributed by atoms with van der Waals surface area (Å²) < 4.78 is 0. The van der Waals surface area contributed by atoms with Crippen molar-refractivity contribution in [3.8, 4) is 0 Å². The molecule has 0 bridgehead atoms. The molecule has 0 fully saturated rings. The van der Waals surface area contributed by atoms with Crippen LogP contribution >= 0.6 is 23.2 Å². The third-order valence-electron chi connectivity index (χ3n) is 4.75. The van der Waals surface area contributed by atoms with E-state index in [2.05, 4.69) is 36.8 Å². The number of hydrogen-bond acceptors (Lipinski definition) is 4. The molecule has 0 saturated carbocycles. The van der Waals surface area contributed by atoms with Gasteiger partial charge >= 0.3 is 12.0 Å². The first kappa shape index (κ1) is 22.8. The van der Waals surface area contributed by atoms with Crippen molar-refractivity contribution in [2.24, 2.45) is 5.41 Å². The summed E-state index contributed by atoms with van der Waals surface area (Å²) in [6.07, 6.45) is 1.90. The highest BCUT2D eigenvalue weighted by atomic mass is 35.5. The van der Waals surface area contributed by atoms with Gasteiger partial charge in [0.15, 0.2) is 0 Å². The molecule has 1 atom stereocenters. The number of hydrazine groups is 1. The first-order chi connectivity index (χ1) is 14.5. The molecule has 164 valence electrons. The molecule has 31 heavy (non-hydrogen) atoms. The smallest absolute Gasteiger partial charge is 0.324 e. The Morgan fingerprint density at radius 2 is 1.77 bits per heavy atom. The van der Waals surface area contributed by atoms with Crippen molar-refractivity contribution in [1.29, 1.82) is 0 Å². The van der Waals surface area contributed by atoms with Gasteiger partial charge in [0.1, 0.15) is 5.82 Å². The fraction of sp³-hybridized carbons (Fsp3) is 0.273. The molecule has 9 heteroatoms. The average Bonchev–Trinajstić information content (AvgIpc) is 3.10. The molecular formula is C22H24Cl2N4O3. The maximum Gasteiger partial charge on any atom is 0.324 e. The van der Waals surface area contributed by atoms with Crippen molar-refractivity contribution in [2.45, 2.75) is 33.2 Å². The lowest BCUT2D eigenvalue weighted by Crippen LogP contribution is -2.46. The van der Waals surface area contributed by atoms with Gasteiger partial charge in [0, 0.05) is 0 Å². The molecule has 4 N–H and O–H groups in total. The second kappa shape index (κ2) is 9.08. The van der Waals surface area contributed by atoms with Crippen LogP contribution < -0.4 is 21.1 Å². The number of anilines is 2. The number of benzene rings is 2. The second-order valence-corrected chi connectivity index (χ2v) is 9.08. The number of carboxylic acid groups (broad SMARTS) is 1. The van der Waals surface area contributed by atoms with Gasteiger partial charge in [-0.1, -0.05) is 62.2 Å². The van der Waals surface area contributed by atoms with Crippen LogP contribution in [0.4, 0.5) is 16.2 Å². The summed E-state index contributed by atoms with van der Waals surface area (Å²) in [7, 11) is 0. The van der Waals surface area contributed by atoms with Gasteiger partial charge in [-0.15, -0.1) is 0 Å². The van der Waals surface area contributed by atoms with Crippen LogP contribution in [-0.4, -0.2) is 23.1 Å². The first-order valence-electron chi connectivity index (χ1n) is 9.65. The standard InChI is InChI=1S/C22H24Cl2N4O3/c1-22(2,3)17-12-18(26-21(31)25-16-6-4-5-15(23)20(16)24)27-28(17)14-9-7-13(8-10-14)11-19(29)30/h4-10,12,17,27H,11H2,1-3H3,(H,29,30)(H2,25,26,31). The number of nitrogens with one attached hydrogen (secondary N) is 3. The monoisotopic (exact) mass is 462 g/mol. The molecule has 7 nitrogen and oxygen atoms in total. The molecular weight excluding hydrogens is 439 g/mol. The summed E-state index contributed by atoms with van der Waals surface area (Å²) in [5.41, 5.74) is 5.03. The Kier molecular flexibility index (Phi) is 6.67. The van der Waals surface area contributed by atoms with E-state index in [4.69, 9.17) is 28.3 Å². The summed E-state index contributed by atoms with van der Waals surface area (Å²) in [6, 6.07) is 11.7. The number of amides is 2. The maximum atomic E-state index is 12.5. The van der Waals surface area contributed by atoms with Gasteiger partial charge in [-0.25, -0.2) is 4.79 Å². The van der Waals surface area contributed by atoms with Crippen LogP contribution in [0.15, 0.2) is 54.4 Å². The topological polar surface area (TPSA) is 93.7 Å². The minimum Gasteiger partial charge on any atom is -0.481 e. The summed E-state index contributed by atoms with van der Waals surface area (Å²) >= 11 is 12.1. The number of nitrogens with zero attached hydrogens (tertiary/aromatic N) is 1. The minimum atomic E-state index is -0.876. The van der Waals surface area contributed by atoms with E-state index in [1.807, 2.05) is 23.2 Å². The molecule has 1 aliphatic heterocycles. The molecule has 0 spiro atoms. The van der Waals surface area contributed by atoms with Crippen LogP contribution in [0.3, 0.4) is 0 Å². The van der Waals surface area contributed by atoms with Crippen LogP contribution in [0.1, 0.15) is 26.3 Å². The number of carbonyl (C=O) groups excluding carboxylic acids is 1. The van der Waals surface area contributed by atoms with Crippen molar-refractivity contribution >= 4 is 46.6 Å². The normalized spacial score (nSPS) is 15.8. The van der Waals surface area contributed by atoms with Crippen LogP contribution in [0.25, 0.3) is 0 Å². The fourth-order valence-corrected chi connectivity index (χ4v) is 3.57. The number of carbonyl (C=O) groups is 2. The van der Waals surface area contributed by atoms with E-state index in [-0.39, 0.29) is 22.9 Å². The molecule has 2 aromatic rings. The molecule has 1 unspecified atom stereocenters. The molecule has 1 heterocycles. The number of hydrogen-bond donors (Lipinski definition) is 4. The van der Waals surface area contributed by atoms with Crippen molar-refractivity contribution < 1.29 is 14.7 Å². The zero-order chi connectivity index (χ0) is 22.8. The van der Waals surface area contributed by atoms with Crippen LogP contribution in [0.5, 0.6) is 0 Å². The van der Waals surface area contributed by atoms with Gasteiger partial charge < -0.3 is 10.4 Å². The zero-order valence-electron chi connectivity index (χ0n) is 17.4. The molecule has 0 saturated heterocycles. The van der Waals surface area contributed by atoms with Crippen molar-refractivity contribution in [3.63, 3.8) is 0 Å². The summed E-state index contributed by atoms with van der Waals surface area (Å²) in [5, 5.41) is 17.0. The largest absolute Gasteiger partial charge is 0.481 e. The first-order valence-corrected chi connectivity index (χ1v) is 10.4. The van der Waals surface area contributed by atoms with E-state index in [1.54, 1.807) is 30.3 Å². The van der Waals surface area contributed by atoms with Gasteiger partial charge in [0.05, 0.1) is 33.9 Å². The van der Waals surface area contributed by atoms with Crippen LogP contribution in [0.2, 0.25) is 10.0 Å². The Hall–Kier alpha value is -2.90. The third kappa shape index (κ3) is 5.62. The van der Waals surface area contributed by atoms with Crippen LogP contribution in [-0.2, 0) is 11.2 Å². The fourth-order valence-electron chi connectivity index (χ4n) is 3.23. The van der Waals surface area contributed by atoms with E-state index < -0.39 is 12.0 Å².